The molecule has 3 aromatic carbocycles. The van der Waals surface area contributed by atoms with Crippen LogP contribution in [-0.4, -0.2) is 18.4 Å². The van der Waals surface area contributed by atoms with Gasteiger partial charge < -0.3 is 15.4 Å². The van der Waals surface area contributed by atoms with E-state index in [9.17, 15) is 9.59 Å². The second-order valence-electron chi connectivity index (χ2n) is 7.27. The molecule has 2 amide bonds. The van der Waals surface area contributed by atoms with Gasteiger partial charge in [0.05, 0.1) is 13.0 Å². The molecular weight excluding hydrogens is 376 g/mol. The van der Waals surface area contributed by atoms with Crippen LogP contribution >= 0.6 is 0 Å². The first-order valence-electron chi connectivity index (χ1n) is 9.89. The van der Waals surface area contributed by atoms with Crippen molar-refractivity contribution in [3.8, 4) is 5.75 Å². The largest absolute Gasteiger partial charge is 0.493 e. The highest BCUT2D eigenvalue weighted by molar-refractivity contribution is 6.05. The molecule has 0 aromatic heterocycles. The molecule has 0 bridgehead atoms. The molecule has 154 valence electrons. The quantitative estimate of drug-likeness (QED) is 0.566. The fourth-order valence-corrected chi connectivity index (χ4v) is 3.18. The Hall–Kier alpha value is -3.60. The number of carbonyl (C=O) groups excluding carboxylic acids is 2. The summed E-state index contributed by atoms with van der Waals surface area (Å²) in [7, 11) is 0. The van der Waals surface area contributed by atoms with Crippen LogP contribution in [0.25, 0.3) is 0 Å². The van der Waals surface area contributed by atoms with Gasteiger partial charge in [0.1, 0.15) is 5.75 Å². The summed E-state index contributed by atoms with van der Waals surface area (Å²) in [6, 6.07) is 20.4. The summed E-state index contributed by atoms with van der Waals surface area (Å²) in [4.78, 5) is 24.8. The lowest BCUT2D eigenvalue weighted by Gasteiger charge is -2.14. The van der Waals surface area contributed by atoms with Crippen molar-refractivity contribution in [1.82, 2.24) is 0 Å². The lowest BCUT2D eigenvalue weighted by molar-refractivity contribution is -0.116. The van der Waals surface area contributed by atoms with Crippen LogP contribution in [-0.2, 0) is 4.79 Å². The number of amides is 2. The summed E-state index contributed by atoms with van der Waals surface area (Å²) >= 11 is 0. The normalized spacial score (nSPS) is 10.4. The fourth-order valence-electron chi connectivity index (χ4n) is 3.18. The molecule has 0 aliphatic carbocycles. The van der Waals surface area contributed by atoms with Crippen LogP contribution in [0.15, 0.2) is 66.7 Å². The van der Waals surface area contributed by atoms with Crippen molar-refractivity contribution in [3.05, 3.63) is 89.0 Å². The van der Waals surface area contributed by atoms with Crippen LogP contribution in [0.5, 0.6) is 5.75 Å². The molecular formula is C25H26N2O3. The van der Waals surface area contributed by atoms with E-state index in [4.69, 9.17) is 4.74 Å². The first-order chi connectivity index (χ1) is 14.4. The van der Waals surface area contributed by atoms with Gasteiger partial charge in [-0.3, -0.25) is 9.59 Å². The topological polar surface area (TPSA) is 67.4 Å². The van der Waals surface area contributed by atoms with Crippen LogP contribution in [0, 0.1) is 20.8 Å². The number of hydrogen-bond donors (Lipinski definition) is 2. The summed E-state index contributed by atoms with van der Waals surface area (Å²) in [6.45, 7) is 6.18. The minimum Gasteiger partial charge on any atom is -0.493 e. The Labute approximate surface area is 177 Å². The van der Waals surface area contributed by atoms with Gasteiger partial charge in [0.2, 0.25) is 5.91 Å². The molecule has 0 atom stereocenters. The third-order valence-electron chi connectivity index (χ3n) is 4.69. The number of benzene rings is 3. The zero-order chi connectivity index (χ0) is 21.5. The molecule has 5 nitrogen and oxygen atoms in total. The van der Waals surface area contributed by atoms with E-state index in [1.54, 1.807) is 18.2 Å². The fraction of sp³-hybridized carbons (Fsp3) is 0.200. The van der Waals surface area contributed by atoms with Crippen molar-refractivity contribution < 1.29 is 14.3 Å². The van der Waals surface area contributed by atoms with E-state index in [2.05, 4.69) is 16.7 Å². The Kier molecular flexibility index (Phi) is 6.86. The molecule has 3 aromatic rings. The standard InChI is InChI=1S/C25H26N2O3/c1-17-14-18(2)16-21(15-17)30-13-12-24(28)26-22-10-7-11-23(19(22)3)27-25(29)20-8-5-4-6-9-20/h4-11,14-16H,12-13H2,1-3H3,(H,26,28)(H,27,29). The van der Waals surface area contributed by atoms with Crippen LogP contribution in [0.3, 0.4) is 0 Å². The molecule has 0 spiro atoms. The smallest absolute Gasteiger partial charge is 0.255 e. The Bertz CT molecular complexity index is 1030. The zero-order valence-electron chi connectivity index (χ0n) is 17.5. The maximum Gasteiger partial charge on any atom is 0.255 e. The van der Waals surface area contributed by atoms with Gasteiger partial charge in [-0.25, -0.2) is 0 Å². The summed E-state index contributed by atoms with van der Waals surface area (Å²) < 4.78 is 5.71. The number of carbonyl (C=O) groups is 2. The summed E-state index contributed by atoms with van der Waals surface area (Å²) in [6.07, 6.45) is 0.229. The average Bonchev–Trinajstić information content (AvgIpc) is 2.71. The molecule has 0 saturated carbocycles. The van der Waals surface area contributed by atoms with Gasteiger partial charge in [0, 0.05) is 16.9 Å². The van der Waals surface area contributed by atoms with Crippen LogP contribution < -0.4 is 15.4 Å². The van der Waals surface area contributed by atoms with Crippen molar-refractivity contribution in [2.75, 3.05) is 17.2 Å². The number of rotatable bonds is 7. The van der Waals surface area contributed by atoms with Crippen molar-refractivity contribution in [2.45, 2.75) is 27.2 Å². The van der Waals surface area contributed by atoms with Gasteiger partial charge in [-0.2, -0.15) is 0 Å². The maximum absolute atomic E-state index is 12.4. The Balaban J connectivity index is 1.57. The highest BCUT2D eigenvalue weighted by atomic mass is 16.5. The SMILES string of the molecule is Cc1cc(C)cc(OCCC(=O)Nc2cccc(NC(=O)c3ccccc3)c2C)c1. The summed E-state index contributed by atoms with van der Waals surface area (Å²) in [5, 5.41) is 5.80. The number of nitrogens with one attached hydrogen (secondary N) is 2. The van der Waals surface area contributed by atoms with E-state index in [-0.39, 0.29) is 24.8 Å². The number of hydrogen-bond acceptors (Lipinski definition) is 3. The predicted molar refractivity (Wildman–Crippen MR) is 120 cm³/mol. The van der Waals surface area contributed by atoms with Crippen LogP contribution in [0.4, 0.5) is 11.4 Å². The summed E-state index contributed by atoms with van der Waals surface area (Å²) in [5.74, 6) is 0.431. The second-order valence-corrected chi connectivity index (χ2v) is 7.27. The molecule has 2 N–H and O–H groups in total. The second kappa shape index (κ2) is 9.74. The Morgan fingerprint density at radius 2 is 1.43 bits per heavy atom. The summed E-state index contributed by atoms with van der Waals surface area (Å²) in [5.41, 5.74) is 4.95. The highest BCUT2D eigenvalue weighted by Crippen LogP contribution is 2.24. The minimum absolute atomic E-state index is 0.144. The lowest BCUT2D eigenvalue weighted by Crippen LogP contribution is -2.17. The van der Waals surface area contributed by atoms with Gasteiger partial charge in [-0.15, -0.1) is 0 Å². The Morgan fingerprint density at radius 1 is 0.800 bits per heavy atom. The van der Waals surface area contributed by atoms with Crippen LogP contribution in [0.2, 0.25) is 0 Å². The van der Waals surface area contributed by atoms with Gasteiger partial charge in [-0.1, -0.05) is 30.3 Å². The first kappa shape index (κ1) is 21.1. The van der Waals surface area contributed by atoms with E-state index in [0.29, 0.717) is 16.9 Å². The number of aryl methyl sites for hydroxylation is 2. The molecule has 0 heterocycles. The van der Waals surface area contributed by atoms with Crippen molar-refractivity contribution >= 4 is 23.2 Å². The van der Waals surface area contributed by atoms with E-state index < -0.39 is 0 Å². The molecule has 5 heteroatoms. The average molecular weight is 402 g/mol. The van der Waals surface area contributed by atoms with Gasteiger partial charge in [0.15, 0.2) is 0 Å². The van der Waals surface area contributed by atoms with E-state index in [1.165, 1.54) is 0 Å². The third-order valence-corrected chi connectivity index (χ3v) is 4.69. The van der Waals surface area contributed by atoms with Gasteiger partial charge in [0.25, 0.3) is 5.91 Å². The van der Waals surface area contributed by atoms with Crippen LogP contribution in [0.1, 0.15) is 33.5 Å². The Morgan fingerprint density at radius 3 is 2.10 bits per heavy atom. The minimum atomic E-state index is -0.191. The molecule has 0 unspecified atom stereocenters. The molecule has 0 radical (unpaired) electrons. The highest BCUT2D eigenvalue weighted by Gasteiger charge is 2.11. The monoisotopic (exact) mass is 402 g/mol. The van der Waals surface area contributed by atoms with E-state index in [1.807, 2.05) is 63.2 Å². The molecule has 0 aliphatic heterocycles. The molecule has 0 fully saturated rings. The van der Waals surface area contributed by atoms with Crippen molar-refractivity contribution in [1.29, 1.82) is 0 Å². The predicted octanol–water partition coefficient (Wildman–Crippen LogP) is 5.27. The van der Waals surface area contributed by atoms with Gasteiger partial charge >= 0.3 is 0 Å². The number of ether oxygens (including phenoxy) is 1. The maximum atomic E-state index is 12.4. The number of anilines is 2. The van der Waals surface area contributed by atoms with Crippen molar-refractivity contribution in [3.63, 3.8) is 0 Å². The van der Waals surface area contributed by atoms with E-state index >= 15 is 0 Å². The van der Waals surface area contributed by atoms with E-state index in [0.717, 1.165) is 22.4 Å². The molecule has 0 aliphatic rings. The lowest BCUT2D eigenvalue weighted by atomic mass is 10.1. The van der Waals surface area contributed by atoms with Gasteiger partial charge in [-0.05, 0) is 73.9 Å². The third kappa shape index (κ3) is 5.70. The zero-order valence-corrected chi connectivity index (χ0v) is 17.5. The molecule has 3 rings (SSSR count). The van der Waals surface area contributed by atoms with Crippen molar-refractivity contribution in [2.24, 2.45) is 0 Å². The molecule has 0 saturated heterocycles. The first-order valence-corrected chi connectivity index (χ1v) is 9.89. The molecule has 30 heavy (non-hydrogen) atoms.